The minimum Gasteiger partial charge on any atom is -0.345 e. The van der Waals surface area contributed by atoms with Gasteiger partial charge in [0, 0.05) is 6.20 Å². The maximum atomic E-state index is 13.0. The number of para-hydroxylation sites is 1. The van der Waals surface area contributed by atoms with Crippen molar-refractivity contribution in [2.45, 2.75) is 13.1 Å². The van der Waals surface area contributed by atoms with Crippen molar-refractivity contribution in [3.8, 4) is 0 Å². The van der Waals surface area contributed by atoms with E-state index < -0.39 is 0 Å². The molecular formula is C20H15FN6OS. The van der Waals surface area contributed by atoms with E-state index in [-0.39, 0.29) is 18.3 Å². The zero-order chi connectivity index (χ0) is 19.8. The summed E-state index contributed by atoms with van der Waals surface area (Å²) in [7, 11) is 0. The fourth-order valence-corrected chi connectivity index (χ4v) is 4.10. The Morgan fingerprint density at radius 1 is 1.10 bits per heavy atom. The highest BCUT2D eigenvalue weighted by atomic mass is 32.1. The standard InChI is InChI=1S/C20H15FN6OS/c21-14-7-5-13(6-8-14)10-26-11-15(24-25-26)9-22-19(28)16-12-27-17-3-1-2-4-18(17)29-20(27)23-16/h1-8,11-12H,9-10H2,(H,22,28). The first kappa shape index (κ1) is 17.5. The summed E-state index contributed by atoms with van der Waals surface area (Å²) in [6, 6.07) is 14.2. The van der Waals surface area contributed by atoms with E-state index in [9.17, 15) is 9.18 Å². The molecule has 144 valence electrons. The first-order valence-electron chi connectivity index (χ1n) is 8.94. The third-order valence-electron chi connectivity index (χ3n) is 4.51. The van der Waals surface area contributed by atoms with Gasteiger partial charge in [-0.05, 0) is 29.8 Å². The van der Waals surface area contributed by atoms with Crippen LogP contribution in [0.2, 0.25) is 0 Å². The van der Waals surface area contributed by atoms with E-state index in [1.807, 2.05) is 28.7 Å². The number of fused-ring (bicyclic) bond motifs is 3. The molecule has 0 aliphatic rings. The summed E-state index contributed by atoms with van der Waals surface area (Å²) in [6.07, 6.45) is 3.50. The lowest BCUT2D eigenvalue weighted by molar-refractivity contribution is 0.0946. The molecule has 0 atom stereocenters. The molecule has 0 fully saturated rings. The van der Waals surface area contributed by atoms with Crippen LogP contribution in [0, 0.1) is 5.82 Å². The molecule has 2 aromatic carbocycles. The van der Waals surface area contributed by atoms with Crippen LogP contribution in [-0.2, 0) is 13.1 Å². The second-order valence-corrected chi connectivity index (χ2v) is 7.57. The van der Waals surface area contributed by atoms with E-state index in [0.717, 1.165) is 20.7 Å². The van der Waals surface area contributed by atoms with E-state index in [1.54, 1.807) is 40.5 Å². The van der Waals surface area contributed by atoms with Gasteiger partial charge in [-0.25, -0.2) is 14.1 Å². The highest BCUT2D eigenvalue weighted by molar-refractivity contribution is 7.23. The summed E-state index contributed by atoms with van der Waals surface area (Å²) < 4.78 is 17.7. The molecule has 9 heteroatoms. The predicted molar refractivity (Wildman–Crippen MR) is 107 cm³/mol. The predicted octanol–water partition coefficient (Wildman–Crippen LogP) is 3.26. The number of hydrogen-bond donors (Lipinski definition) is 1. The summed E-state index contributed by atoms with van der Waals surface area (Å²) in [5, 5.41) is 10.9. The van der Waals surface area contributed by atoms with Crippen LogP contribution in [0.15, 0.2) is 60.9 Å². The first-order chi connectivity index (χ1) is 14.2. The summed E-state index contributed by atoms with van der Waals surface area (Å²) in [6.45, 7) is 0.722. The Balaban J connectivity index is 1.25. The lowest BCUT2D eigenvalue weighted by Crippen LogP contribution is -2.23. The van der Waals surface area contributed by atoms with Crippen molar-refractivity contribution in [3.63, 3.8) is 0 Å². The fourth-order valence-electron chi connectivity index (χ4n) is 3.09. The van der Waals surface area contributed by atoms with Gasteiger partial charge >= 0.3 is 0 Å². The summed E-state index contributed by atoms with van der Waals surface area (Å²) in [4.78, 5) is 17.7. The molecule has 3 heterocycles. The van der Waals surface area contributed by atoms with Gasteiger partial charge in [-0.15, -0.1) is 5.10 Å². The third kappa shape index (κ3) is 3.47. The van der Waals surface area contributed by atoms with Crippen LogP contribution in [0.25, 0.3) is 15.2 Å². The van der Waals surface area contributed by atoms with Crippen molar-refractivity contribution < 1.29 is 9.18 Å². The van der Waals surface area contributed by atoms with Crippen LogP contribution >= 0.6 is 11.3 Å². The summed E-state index contributed by atoms with van der Waals surface area (Å²) in [5.41, 5.74) is 2.94. The molecule has 1 amide bonds. The monoisotopic (exact) mass is 406 g/mol. The van der Waals surface area contributed by atoms with Gasteiger partial charge in [0.15, 0.2) is 4.96 Å². The SMILES string of the molecule is O=C(NCc1cn(Cc2ccc(F)cc2)nn1)c1cn2c(n1)sc1ccccc12. The van der Waals surface area contributed by atoms with Crippen molar-refractivity contribution in [2.75, 3.05) is 0 Å². The maximum absolute atomic E-state index is 13.0. The zero-order valence-electron chi connectivity index (χ0n) is 15.1. The van der Waals surface area contributed by atoms with Crippen molar-refractivity contribution in [1.29, 1.82) is 0 Å². The molecule has 0 radical (unpaired) electrons. The van der Waals surface area contributed by atoms with Crippen LogP contribution in [0.5, 0.6) is 0 Å². The minimum atomic E-state index is -0.275. The van der Waals surface area contributed by atoms with E-state index in [2.05, 4.69) is 20.6 Å². The van der Waals surface area contributed by atoms with Crippen molar-refractivity contribution in [2.24, 2.45) is 0 Å². The Kier molecular flexibility index (Phi) is 4.28. The van der Waals surface area contributed by atoms with Gasteiger partial charge < -0.3 is 5.32 Å². The second-order valence-electron chi connectivity index (χ2n) is 6.57. The van der Waals surface area contributed by atoms with Crippen LogP contribution in [-0.4, -0.2) is 30.3 Å². The number of thiazole rings is 1. The highest BCUT2D eigenvalue weighted by Gasteiger charge is 2.14. The summed E-state index contributed by atoms with van der Waals surface area (Å²) in [5.74, 6) is -0.541. The molecule has 0 bridgehead atoms. The van der Waals surface area contributed by atoms with Crippen LogP contribution in [0.4, 0.5) is 4.39 Å². The lowest BCUT2D eigenvalue weighted by Gasteiger charge is -2.01. The number of halogens is 1. The number of rotatable bonds is 5. The Morgan fingerprint density at radius 3 is 2.79 bits per heavy atom. The van der Waals surface area contributed by atoms with Gasteiger partial charge in [0.2, 0.25) is 0 Å². The molecule has 29 heavy (non-hydrogen) atoms. The molecule has 0 aliphatic carbocycles. The Morgan fingerprint density at radius 2 is 1.93 bits per heavy atom. The Labute approximate surface area is 168 Å². The fraction of sp³-hybridized carbons (Fsp3) is 0.100. The average Bonchev–Trinajstić information content (AvgIpc) is 3.42. The van der Waals surface area contributed by atoms with Crippen molar-refractivity contribution in [3.05, 3.63) is 83.7 Å². The molecule has 0 saturated heterocycles. The van der Waals surface area contributed by atoms with Gasteiger partial charge in [-0.2, -0.15) is 0 Å². The number of benzene rings is 2. The number of amides is 1. The molecule has 5 rings (SSSR count). The third-order valence-corrected chi connectivity index (χ3v) is 5.54. The molecule has 0 spiro atoms. The minimum absolute atomic E-state index is 0.244. The molecule has 5 aromatic rings. The molecule has 1 N–H and O–H groups in total. The van der Waals surface area contributed by atoms with Crippen LogP contribution < -0.4 is 5.32 Å². The lowest BCUT2D eigenvalue weighted by atomic mass is 10.2. The van der Waals surface area contributed by atoms with E-state index in [0.29, 0.717) is 17.9 Å². The highest BCUT2D eigenvalue weighted by Crippen LogP contribution is 2.25. The van der Waals surface area contributed by atoms with Crippen molar-refractivity contribution >= 4 is 32.4 Å². The summed E-state index contributed by atoms with van der Waals surface area (Å²) >= 11 is 1.54. The number of hydrogen-bond acceptors (Lipinski definition) is 5. The maximum Gasteiger partial charge on any atom is 0.271 e. The van der Waals surface area contributed by atoms with Gasteiger partial charge in [-0.1, -0.05) is 40.8 Å². The average molecular weight is 406 g/mol. The second kappa shape index (κ2) is 7.10. The molecular weight excluding hydrogens is 391 g/mol. The largest absolute Gasteiger partial charge is 0.345 e. The van der Waals surface area contributed by atoms with Gasteiger partial charge in [0.25, 0.3) is 5.91 Å². The molecule has 0 unspecified atom stereocenters. The smallest absolute Gasteiger partial charge is 0.271 e. The Hall–Kier alpha value is -3.59. The molecule has 3 aromatic heterocycles. The van der Waals surface area contributed by atoms with Crippen molar-refractivity contribution in [1.82, 2.24) is 29.7 Å². The van der Waals surface area contributed by atoms with Crippen LogP contribution in [0.1, 0.15) is 21.7 Å². The number of imidazole rings is 1. The number of nitrogens with zero attached hydrogens (tertiary/aromatic N) is 5. The number of aromatic nitrogens is 5. The van der Waals surface area contributed by atoms with E-state index >= 15 is 0 Å². The van der Waals surface area contributed by atoms with E-state index in [1.165, 1.54) is 12.1 Å². The molecule has 0 aliphatic heterocycles. The number of carbonyl (C=O) groups is 1. The van der Waals surface area contributed by atoms with Gasteiger partial charge in [-0.3, -0.25) is 9.20 Å². The van der Waals surface area contributed by atoms with E-state index in [4.69, 9.17) is 0 Å². The quantitative estimate of drug-likeness (QED) is 0.486. The van der Waals surface area contributed by atoms with Crippen LogP contribution in [0.3, 0.4) is 0 Å². The number of carbonyl (C=O) groups excluding carboxylic acids is 1. The Bertz CT molecular complexity index is 1320. The van der Waals surface area contributed by atoms with Gasteiger partial charge in [0.1, 0.15) is 17.2 Å². The first-order valence-corrected chi connectivity index (χ1v) is 9.76. The topological polar surface area (TPSA) is 77.1 Å². The van der Waals surface area contributed by atoms with Gasteiger partial charge in [0.05, 0.1) is 29.5 Å². The molecule has 0 saturated carbocycles. The molecule has 7 nitrogen and oxygen atoms in total. The normalized spacial score (nSPS) is 11.3. The number of nitrogens with one attached hydrogen (secondary N) is 1. The zero-order valence-corrected chi connectivity index (χ0v) is 15.9.